The molecule has 2 atom stereocenters. The van der Waals surface area contributed by atoms with Gasteiger partial charge in [0.2, 0.25) is 5.91 Å². The first-order valence-corrected chi connectivity index (χ1v) is 3.47. The van der Waals surface area contributed by atoms with Gasteiger partial charge in [0.15, 0.2) is 0 Å². The van der Waals surface area contributed by atoms with E-state index >= 15 is 0 Å². The van der Waals surface area contributed by atoms with Crippen LogP contribution in [0, 0.1) is 0 Å². The van der Waals surface area contributed by atoms with Gasteiger partial charge < -0.3 is 25.6 Å². The van der Waals surface area contributed by atoms with Crippen molar-refractivity contribution in [2.75, 3.05) is 6.54 Å². The highest BCUT2D eigenvalue weighted by Crippen LogP contribution is 2.16. The summed E-state index contributed by atoms with van der Waals surface area (Å²) < 4.78 is 0. The fourth-order valence-electron chi connectivity index (χ4n) is 1.29. The van der Waals surface area contributed by atoms with E-state index in [4.69, 9.17) is 10.8 Å². The first-order valence-electron chi connectivity index (χ1n) is 3.47. The highest BCUT2D eigenvalue weighted by molar-refractivity contribution is 5.84. The molecule has 0 aliphatic carbocycles. The Morgan fingerprint density at radius 1 is 1.58 bits per heavy atom. The zero-order valence-corrected chi connectivity index (χ0v) is 6.27. The number of likely N-dealkylation sites (tertiary alicyclic amines) is 1. The van der Waals surface area contributed by atoms with Crippen LogP contribution in [0.4, 0.5) is 4.79 Å². The Morgan fingerprint density at radius 3 is 2.50 bits per heavy atom. The Labute approximate surface area is 68.6 Å². The molecule has 68 valence electrons. The molecule has 3 N–H and O–H groups in total. The quantitative estimate of drug-likeness (QED) is 0.448. The number of aliphatic hydroxyl groups is 1. The fraction of sp³-hybridized carbons (Fsp3) is 0.667. The summed E-state index contributed by atoms with van der Waals surface area (Å²) in [5.41, 5.74) is 4.91. The second kappa shape index (κ2) is 2.98. The first-order chi connectivity index (χ1) is 5.52. The number of hydrogen-bond donors (Lipinski definition) is 2. The standard InChI is InChI=1S/C6H10N2O4/c7-5(10)4-1-3(9)2-8(4)6(11)12/h3-4,9H,1-2H2,(H2,7,10)(H,11,12)/p-1. The van der Waals surface area contributed by atoms with Crippen molar-refractivity contribution in [3.05, 3.63) is 0 Å². The van der Waals surface area contributed by atoms with E-state index in [0.29, 0.717) is 0 Å². The minimum absolute atomic E-state index is 0.0588. The zero-order chi connectivity index (χ0) is 9.30. The number of rotatable bonds is 1. The molecular formula is C6H9N2O4-. The minimum Gasteiger partial charge on any atom is -0.530 e. The molecule has 6 nitrogen and oxygen atoms in total. The van der Waals surface area contributed by atoms with Crippen LogP contribution in [0.5, 0.6) is 0 Å². The van der Waals surface area contributed by atoms with Gasteiger partial charge in [0.1, 0.15) is 12.1 Å². The molecule has 2 amide bonds. The molecule has 12 heavy (non-hydrogen) atoms. The number of β-amino-alcohol motifs (C(OH)–C–C–N with tert-alkyl or cyclic N) is 1. The third-order valence-electron chi connectivity index (χ3n) is 1.84. The number of nitrogens with zero attached hydrogens (tertiary/aromatic N) is 1. The molecule has 1 heterocycles. The topological polar surface area (TPSA) is 107 Å². The van der Waals surface area contributed by atoms with Crippen LogP contribution in [0.15, 0.2) is 0 Å². The Kier molecular flexibility index (Phi) is 2.18. The molecular weight excluding hydrogens is 164 g/mol. The van der Waals surface area contributed by atoms with Gasteiger partial charge in [0, 0.05) is 13.0 Å². The molecule has 1 rings (SSSR count). The Hall–Kier alpha value is -1.30. The minimum atomic E-state index is -1.48. The van der Waals surface area contributed by atoms with Gasteiger partial charge in [0.25, 0.3) is 0 Å². The van der Waals surface area contributed by atoms with E-state index in [-0.39, 0.29) is 13.0 Å². The second-order valence-electron chi connectivity index (χ2n) is 2.73. The summed E-state index contributed by atoms with van der Waals surface area (Å²) in [6.07, 6.45) is -2.24. The van der Waals surface area contributed by atoms with Crippen LogP contribution >= 0.6 is 0 Å². The summed E-state index contributed by atoms with van der Waals surface area (Å²) in [6, 6.07) is -0.940. The number of nitrogens with two attached hydrogens (primary N) is 1. The van der Waals surface area contributed by atoms with Crippen molar-refractivity contribution in [1.82, 2.24) is 4.90 Å². The largest absolute Gasteiger partial charge is 0.530 e. The fourth-order valence-corrected chi connectivity index (χ4v) is 1.29. The second-order valence-corrected chi connectivity index (χ2v) is 2.73. The summed E-state index contributed by atoms with van der Waals surface area (Å²) in [7, 11) is 0. The van der Waals surface area contributed by atoms with Gasteiger partial charge in [-0.1, -0.05) is 0 Å². The lowest BCUT2D eigenvalue weighted by Gasteiger charge is -2.23. The van der Waals surface area contributed by atoms with Gasteiger partial charge >= 0.3 is 0 Å². The molecule has 0 aromatic carbocycles. The van der Waals surface area contributed by atoms with E-state index in [1.54, 1.807) is 0 Å². The average Bonchev–Trinajstić information content (AvgIpc) is 2.31. The number of carbonyl (C=O) groups is 2. The van der Waals surface area contributed by atoms with Crippen molar-refractivity contribution in [3.8, 4) is 0 Å². The van der Waals surface area contributed by atoms with Crippen LogP contribution in [0.1, 0.15) is 6.42 Å². The molecule has 1 aliphatic heterocycles. The van der Waals surface area contributed by atoms with Gasteiger partial charge in [-0.15, -0.1) is 0 Å². The van der Waals surface area contributed by atoms with Crippen LogP contribution in [-0.2, 0) is 4.79 Å². The van der Waals surface area contributed by atoms with Crippen molar-refractivity contribution in [2.24, 2.45) is 5.73 Å². The number of carboxylic acid groups (broad SMARTS) is 1. The van der Waals surface area contributed by atoms with Crippen LogP contribution in [-0.4, -0.2) is 40.7 Å². The van der Waals surface area contributed by atoms with Crippen molar-refractivity contribution >= 4 is 12.0 Å². The van der Waals surface area contributed by atoms with E-state index in [0.717, 1.165) is 4.90 Å². The lowest BCUT2D eigenvalue weighted by atomic mass is 10.2. The SMILES string of the molecule is NC(=O)C1CC(O)CN1C(=O)[O-]. The van der Waals surface area contributed by atoms with Gasteiger partial charge in [-0.05, 0) is 0 Å². The Morgan fingerprint density at radius 2 is 2.17 bits per heavy atom. The molecule has 6 heteroatoms. The van der Waals surface area contributed by atoms with Crippen LogP contribution in [0.25, 0.3) is 0 Å². The molecule has 0 saturated carbocycles. The maximum absolute atomic E-state index is 10.6. The molecule has 0 radical (unpaired) electrons. The molecule has 0 aromatic rings. The van der Waals surface area contributed by atoms with E-state index in [9.17, 15) is 14.7 Å². The monoisotopic (exact) mass is 173 g/mol. The molecule has 0 spiro atoms. The van der Waals surface area contributed by atoms with E-state index < -0.39 is 24.1 Å². The lowest BCUT2D eigenvalue weighted by Crippen LogP contribution is -2.49. The smallest absolute Gasteiger partial charge is 0.240 e. The number of aliphatic hydroxyl groups excluding tert-OH is 1. The van der Waals surface area contributed by atoms with Gasteiger partial charge in [-0.2, -0.15) is 0 Å². The number of amides is 2. The Balaban J connectivity index is 2.72. The van der Waals surface area contributed by atoms with Crippen LogP contribution in [0.3, 0.4) is 0 Å². The van der Waals surface area contributed by atoms with Crippen molar-refractivity contribution < 1.29 is 19.8 Å². The van der Waals surface area contributed by atoms with Crippen molar-refractivity contribution in [1.29, 1.82) is 0 Å². The van der Waals surface area contributed by atoms with E-state index in [1.807, 2.05) is 0 Å². The Bertz CT molecular complexity index is 196. The predicted octanol–water partition coefficient (Wildman–Crippen LogP) is -2.75. The van der Waals surface area contributed by atoms with Crippen LogP contribution < -0.4 is 10.8 Å². The highest BCUT2D eigenvalue weighted by Gasteiger charge is 2.34. The third-order valence-corrected chi connectivity index (χ3v) is 1.84. The van der Waals surface area contributed by atoms with Gasteiger partial charge in [0.05, 0.1) is 6.10 Å². The summed E-state index contributed by atoms with van der Waals surface area (Å²) >= 11 is 0. The molecule has 2 unspecified atom stereocenters. The molecule has 1 fully saturated rings. The highest BCUT2D eigenvalue weighted by atomic mass is 16.4. The third kappa shape index (κ3) is 1.48. The maximum Gasteiger partial charge on any atom is 0.240 e. The first kappa shape index (κ1) is 8.79. The summed E-state index contributed by atoms with van der Waals surface area (Å²) in [5, 5.41) is 19.4. The summed E-state index contributed by atoms with van der Waals surface area (Å²) in [6.45, 7) is -0.101. The molecule has 1 aliphatic rings. The number of hydrogen-bond acceptors (Lipinski definition) is 4. The normalized spacial score (nSPS) is 28.9. The van der Waals surface area contributed by atoms with Crippen LogP contribution in [0.2, 0.25) is 0 Å². The lowest BCUT2D eigenvalue weighted by molar-refractivity contribution is -0.266. The van der Waals surface area contributed by atoms with Gasteiger partial charge in [-0.25, -0.2) is 0 Å². The van der Waals surface area contributed by atoms with Crippen molar-refractivity contribution in [3.63, 3.8) is 0 Å². The number of primary amides is 1. The molecule has 0 bridgehead atoms. The van der Waals surface area contributed by atoms with E-state index in [1.165, 1.54) is 0 Å². The molecule has 0 aromatic heterocycles. The zero-order valence-electron chi connectivity index (χ0n) is 6.27. The summed E-state index contributed by atoms with van der Waals surface area (Å²) in [4.78, 5) is 21.7. The molecule has 1 saturated heterocycles. The maximum atomic E-state index is 10.6. The van der Waals surface area contributed by atoms with Gasteiger partial charge in [-0.3, -0.25) is 4.79 Å². The van der Waals surface area contributed by atoms with Crippen molar-refractivity contribution in [2.45, 2.75) is 18.6 Å². The predicted molar refractivity (Wildman–Crippen MR) is 35.7 cm³/mol. The average molecular weight is 173 g/mol. The summed E-state index contributed by atoms with van der Waals surface area (Å²) in [5.74, 6) is -0.754. The van der Waals surface area contributed by atoms with E-state index in [2.05, 4.69) is 0 Å². The number of carbonyl (C=O) groups excluding carboxylic acids is 2.